The van der Waals surface area contributed by atoms with Crippen LogP contribution in [-0.4, -0.2) is 53.1 Å². The molecule has 5 saturated carbocycles. The summed E-state index contributed by atoms with van der Waals surface area (Å²) in [6, 6.07) is 10.7. The van der Waals surface area contributed by atoms with Gasteiger partial charge in [-0.25, -0.2) is 0 Å². The summed E-state index contributed by atoms with van der Waals surface area (Å²) >= 11 is 0. The second kappa shape index (κ2) is 8.53. The summed E-state index contributed by atoms with van der Waals surface area (Å²) in [5.41, 5.74) is 2.37. The van der Waals surface area contributed by atoms with E-state index in [-0.39, 0.29) is 29.8 Å². The van der Waals surface area contributed by atoms with E-state index in [1.54, 1.807) is 0 Å². The van der Waals surface area contributed by atoms with Crippen molar-refractivity contribution >= 4 is 0 Å². The van der Waals surface area contributed by atoms with E-state index >= 15 is 0 Å². The molecule has 0 amide bonds. The Morgan fingerprint density at radius 3 is 2.38 bits per heavy atom. The lowest BCUT2D eigenvalue weighted by molar-refractivity contribution is -0.128. The lowest BCUT2D eigenvalue weighted by Crippen LogP contribution is -2.52. The second-order valence-corrected chi connectivity index (χ2v) is 14.7. The van der Waals surface area contributed by atoms with Crippen LogP contribution < -0.4 is 0 Å². The highest BCUT2D eigenvalue weighted by molar-refractivity contribution is 5.32. The van der Waals surface area contributed by atoms with Crippen molar-refractivity contribution in [2.45, 2.75) is 103 Å². The molecule has 4 heteroatoms. The van der Waals surface area contributed by atoms with Gasteiger partial charge in [0.05, 0.1) is 24.4 Å². The summed E-state index contributed by atoms with van der Waals surface area (Å²) in [6.45, 7) is 9.27. The monoisotopic (exact) mass is 507 g/mol. The van der Waals surface area contributed by atoms with Crippen molar-refractivity contribution < 1.29 is 14.9 Å². The number of ether oxygens (including phenoxy) is 1. The van der Waals surface area contributed by atoms with Crippen LogP contribution in [0.4, 0.5) is 0 Å². The van der Waals surface area contributed by atoms with Gasteiger partial charge in [0.15, 0.2) is 0 Å². The first-order valence-electron chi connectivity index (χ1n) is 15.5. The first kappa shape index (κ1) is 25.1. The molecule has 11 unspecified atom stereocenters. The lowest BCUT2D eigenvalue weighted by Gasteiger charge is -2.57. The van der Waals surface area contributed by atoms with E-state index in [2.05, 4.69) is 63.1 Å². The SMILES string of the molecule is CC1C(O)CCC23C1CCC1C4C(O)C5O[C@@H](CN(C)Cc6ccccc6)CCC5C4(C)CCC12[C@@H]3C. The highest BCUT2D eigenvalue weighted by Gasteiger charge is 2.84. The average Bonchev–Trinajstić information content (AvgIpc) is 3.33. The van der Waals surface area contributed by atoms with E-state index in [4.69, 9.17) is 4.74 Å². The van der Waals surface area contributed by atoms with Gasteiger partial charge in [-0.05, 0) is 116 Å². The highest BCUT2D eigenvalue weighted by atomic mass is 16.5. The minimum absolute atomic E-state index is 0.00357. The fourth-order valence-electron chi connectivity index (χ4n) is 12.3. The molecule has 1 saturated heterocycles. The molecule has 6 fully saturated rings. The molecular weight excluding hydrogens is 458 g/mol. The van der Waals surface area contributed by atoms with Gasteiger partial charge < -0.3 is 14.9 Å². The van der Waals surface area contributed by atoms with Crippen molar-refractivity contribution in [3.8, 4) is 0 Å². The molecule has 2 N–H and O–H groups in total. The van der Waals surface area contributed by atoms with Gasteiger partial charge in [0.2, 0.25) is 0 Å². The maximum atomic E-state index is 12.0. The molecular formula is C33H49NO3. The second-order valence-electron chi connectivity index (χ2n) is 14.7. The average molecular weight is 508 g/mol. The van der Waals surface area contributed by atoms with Gasteiger partial charge in [-0.15, -0.1) is 0 Å². The molecule has 4 nitrogen and oxygen atoms in total. The summed E-state index contributed by atoms with van der Waals surface area (Å²) in [7, 11) is 2.20. The maximum absolute atomic E-state index is 12.0. The summed E-state index contributed by atoms with van der Waals surface area (Å²) in [5.74, 6) is 3.35. The molecule has 5 aliphatic carbocycles. The number of fused-ring (bicyclic) bond motifs is 4. The largest absolute Gasteiger partial charge is 0.393 e. The number of aliphatic hydroxyl groups is 2. The van der Waals surface area contributed by atoms with Gasteiger partial charge in [-0.2, -0.15) is 0 Å². The van der Waals surface area contributed by atoms with Crippen LogP contribution in [-0.2, 0) is 11.3 Å². The van der Waals surface area contributed by atoms with Gasteiger partial charge in [0.25, 0.3) is 0 Å². The van der Waals surface area contributed by atoms with E-state index in [1.807, 2.05) is 0 Å². The molecule has 7 rings (SSSR count). The Hall–Kier alpha value is -0.940. The van der Waals surface area contributed by atoms with Gasteiger partial charge in [-0.3, -0.25) is 4.90 Å². The number of hydrogen-bond acceptors (Lipinski definition) is 4. The predicted molar refractivity (Wildman–Crippen MR) is 146 cm³/mol. The van der Waals surface area contributed by atoms with Crippen LogP contribution >= 0.6 is 0 Å². The van der Waals surface area contributed by atoms with E-state index in [0.717, 1.165) is 31.8 Å². The molecule has 0 bridgehead atoms. The van der Waals surface area contributed by atoms with Crippen LogP contribution in [0.3, 0.4) is 0 Å². The molecule has 0 aromatic heterocycles. The topological polar surface area (TPSA) is 52.9 Å². The Morgan fingerprint density at radius 1 is 0.892 bits per heavy atom. The summed E-state index contributed by atoms with van der Waals surface area (Å²) in [5, 5.41) is 22.8. The Bertz CT molecular complexity index is 1020. The molecule has 1 heterocycles. The van der Waals surface area contributed by atoms with Gasteiger partial charge in [0.1, 0.15) is 0 Å². The Labute approximate surface area is 224 Å². The van der Waals surface area contributed by atoms with Crippen molar-refractivity contribution in [1.29, 1.82) is 0 Å². The van der Waals surface area contributed by atoms with E-state index in [0.29, 0.717) is 40.4 Å². The first-order valence-corrected chi connectivity index (χ1v) is 15.5. The number of benzene rings is 1. The molecule has 1 aliphatic heterocycles. The zero-order valence-electron chi connectivity index (χ0n) is 23.5. The highest BCUT2D eigenvalue weighted by Crippen LogP contribution is 2.88. The van der Waals surface area contributed by atoms with Gasteiger partial charge in [-0.1, -0.05) is 51.1 Å². The minimum Gasteiger partial charge on any atom is -0.393 e. The van der Waals surface area contributed by atoms with Gasteiger partial charge >= 0.3 is 0 Å². The third kappa shape index (κ3) is 3.22. The van der Waals surface area contributed by atoms with Crippen LogP contribution in [0.1, 0.15) is 77.7 Å². The third-order valence-electron chi connectivity index (χ3n) is 13.7. The van der Waals surface area contributed by atoms with Crippen molar-refractivity contribution in [2.24, 2.45) is 51.8 Å². The molecule has 1 aromatic rings. The van der Waals surface area contributed by atoms with Crippen molar-refractivity contribution in [3.63, 3.8) is 0 Å². The zero-order valence-corrected chi connectivity index (χ0v) is 23.5. The Kier molecular flexibility index (Phi) is 5.78. The van der Waals surface area contributed by atoms with Gasteiger partial charge in [0, 0.05) is 13.1 Å². The molecule has 0 radical (unpaired) electrons. The number of aliphatic hydroxyl groups excluding tert-OH is 2. The molecule has 1 aromatic carbocycles. The molecule has 37 heavy (non-hydrogen) atoms. The fraction of sp³-hybridized carbons (Fsp3) is 0.818. The Morgan fingerprint density at radius 2 is 1.59 bits per heavy atom. The molecule has 2 spiro atoms. The first-order chi connectivity index (χ1) is 17.7. The van der Waals surface area contributed by atoms with Crippen molar-refractivity contribution in [1.82, 2.24) is 4.90 Å². The predicted octanol–water partition coefficient (Wildman–Crippen LogP) is 5.51. The molecule has 6 aliphatic rings. The minimum atomic E-state index is -0.326. The van der Waals surface area contributed by atoms with Crippen molar-refractivity contribution in [3.05, 3.63) is 35.9 Å². The van der Waals surface area contributed by atoms with Crippen LogP contribution in [0.25, 0.3) is 0 Å². The summed E-state index contributed by atoms with van der Waals surface area (Å²) in [4.78, 5) is 2.39. The van der Waals surface area contributed by atoms with Crippen LogP contribution in [0, 0.1) is 51.8 Å². The summed E-state index contributed by atoms with van der Waals surface area (Å²) in [6.07, 6.45) is 9.36. The quantitative estimate of drug-likeness (QED) is 0.564. The number of nitrogens with zero attached hydrogens (tertiary/aromatic N) is 1. The van der Waals surface area contributed by atoms with Crippen LogP contribution in [0.5, 0.6) is 0 Å². The molecule has 204 valence electrons. The van der Waals surface area contributed by atoms with Crippen molar-refractivity contribution in [2.75, 3.05) is 13.6 Å². The summed E-state index contributed by atoms with van der Waals surface area (Å²) < 4.78 is 6.85. The van der Waals surface area contributed by atoms with Crippen LogP contribution in [0.2, 0.25) is 0 Å². The van der Waals surface area contributed by atoms with E-state index < -0.39 is 0 Å². The zero-order chi connectivity index (χ0) is 25.7. The number of hydrogen-bond donors (Lipinski definition) is 2. The van der Waals surface area contributed by atoms with E-state index in [9.17, 15) is 10.2 Å². The maximum Gasteiger partial charge on any atom is 0.0874 e. The number of rotatable bonds is 4. The lowest BCUT2D eigenvalue weighted by atomic mass is 9.48. The third-order valence-corrected chi connectivity index (χ3v) is 13.7. The smallest absolute Gasteiger partial charge is 0.0874 e. The standard InChI is InChI=1S/C33H49NO3/c1-20-24-12-13-25-28-29(36)30-26(11-10-23(37-30)19-34(4)18-22-8-6-5-7-9-22)31(28,3)16-17-33(25)21(2)32(24,33)15-14-27(20)35/h5-9,20-21,23-30,35-36H,10-19H2,1-4H3/t20?,21-,23-,24?,25?,26?,27?,28?,29?,30?,31?,32?,33?/m1/s1. The number of likely N-dealkylation sites (N-methyl/N-ethyl adjacent to an activating group) is 1. The Balaban J connectivity index is 1.10. The molecule has 13 atom stereocenters. The normalized spacial score (nSPS) is 54.0. The van der Waals surface area contributed by atoms with Crippen LogP contribution in [0.15, 0.2) is 30.3 Å². The fourth-order valence-corrected chi connectivity index (χ4v) is 12.3. The van der Waals surface area contributed by atoms with E-state index in [1.165, 1.54) is 44.1 Å².